The largest absolute Gasteiger partial charge is 0.346 e. The number of amides is 1. The molecule has 0 bridgehead atoms. The van der Waals surface area contributed by atoms with E-state index in [1.54, 1.807) is 17.4 Å². The van der Waals surface area contributed by atoms with Crippen molar-refractivity contribution in [3.8, 4) is 0 Å². The van der Waals surface area contributed by atoms with Gasteiger partial charge < -0.3 is 5.32 Å². The maximum atomic E-state index is 12.0. The fourth-order valence-electron chi connectivity index (χ4n) is 2.67. The highest BCUT2D eigenvalue weighted by Crippen LogP contribution is 2.29. The first-order chi connectivity index (χ1) is 9.83. The van der Waals surface area contributed by atoms with Crippen LogP contribution in [0, 0.1) is 0 Å². The Kier molecular flexibility index (Phi) is 3.97. The van der Waals surface area contributed by atoms with Crippen molar-refractivity contribution >= 4 is 23.3 Å². The lowest BCUT2D eigenvalue weighted by Gasteiger charge is -2.25. The van der Waals surface area contributed by atoms with E-state index < -0.39 is 0 Å². The number of thiophene rings is 1. The molecule has 20 heavy (non-hydrogen) atoms. The summed E-state index contributed by atoms with van der Waals surface area (Å²) in [5.41, 5.74) is 2.64. The van der Waals surface area contributed by atoms with Crippen LogP contribution in [0.15, 0.2) is 47.9 Å². The fourth-order valence-corrected chi connectivity index (χ4v) is 3.29. The van der Waals surface area contributed by atoms with Crippen LogP contribution in [0.4, 0.5) is 0 Å². The molecule has 2 aromatic rings. The summed E-state index contributed by atoms with van der Waals surface area (Å²) in [6.07, 6.45) is 6.78. The molecular weight excluding hydrogens is 266 g/mol. The molecule has 1 N–H and O–H groups in total. The number of aryl methyl sites for hydroxylation is 1. The van der Waals surface area contributed by atoms with Crippen molar-refractivity contribution in [2.45, 2.75) is 25.3 Å². The quantitative estimate of drug-likeness (QED) is 0.849. The van der Waals surface area contributed by atoms with Gasteiger partial charge in [-0.15, -0.1) is 11.3 Å². The first kappa shape index (κ1) is 13.1. The van der Waals surface area contributed by atoms with Crippen molar-refractivity contribution in [3.05, 3.63) is 63.9 Å². The Morgan fingerprint density at radius 2 is 2.15 bits per heavy atom. The molecule has 0 radical (unpaired) electrons. The van der Waals surface area contributed by atoms with Crippen molar-refractivity contribution < 1.29 is 4.79 Å². The molecule has 1 atom stereocenters. The molecular formula is C17H17NOS. The van der Waals surface area contributed by atoms with Crippen molar-refractivity contribution in [2.75, 3.05) is 0 Å². The fraction of sp³-hybridized carbons (Fsp3) is 0.235. The van der Waals surface area contributed by atoms with Crippen molar-refractivity contribution in [3.63, 3.8) is 0 Å². The Morgan fingerprint density at radius 3 is 3.00 bits per heavy atom. The van der Waals surface area contributed by atoms with Gasteiger partial charge >= 0.3 is 0 Å². The van der Waals surface area contributed by atoms with Crippen molar-refractivity contribution in [1.29, 1.82) is 0 Å². The third-order valence-electron chi connectivity index (χ3n) is 3.63. The number of nitrogens with one attached hydrogen (secondary N) is 1. The predicted molar refractivity (Wildman–Crippen MR) is 83.6 cm³/mol. The highest BCUT2D eigenvalue weighted by atomic mass is 32.1. The standard InChI is InChI=1S/C17H17NOS/c19-17(11-10-14-7-4-12-20-14)18-16-9-3-6-13-5-1-2-8-15(13)16/h1-2,4-5,7-8,10-12,16H,3,6,9H2,(H,18,19)/b11-10+/t16-/m0/s1. The number of carbonyl (C=O) groups excluding carboxylic acids is 1. The summed E-state index contributed by atoms with van der Waals surface area (Å²) in [4.78, 5) is 13.1. The molecule has 0 saturated heterocycles. The molecule has 102 valence electrons. The summed E-state index contributed by atoms with van der Waals surface area (Å²) in [5.74, 6) is -0.0138. The van der Waals surface area contributed by atoms with E-state index in [1.807, 2.05) is 29.7 Å². The van der Waals surface area contributed by atoms with Crippen molar-refractivity contribution in [2.24, 2.45) is 0 Å². The zero-order valence-corrected chi connectivity index (χ0v) is 12.0. The van der Waals surface area contributed by atoms with Crippen LogP contribution < -0.4 is 5.32 Å². The number of benzene rings is 1. The molecule has 3 heteroatoms. The van der Waals surface area contributed by atoms with Gasteiger partial charge in [-0.3, -0.25) is 4.79 Å². The number of rotatable bonds is 3. The van der Waals surface area contributed by atoms with Gasteiger partial charge in [0.1, 0.15) is 0 Å². The van der Waals surface area contributed by atoms with Gasteiger partial charge in [0.15, 0.2) is 0 Å². The van der Waals surface area contributed by atoms with Gasteiger partial charge in [0.2, 0.25) is 5.91 Å². The summed E-state index contributed by atoms with van der Waals surface area (Å²) < 4.78 is 0. The molecule has 0 aliphatic heterocycles. The predicted octanol–water partition coefficient (Wildman–Crippen LogP) is 3.96. The summed E-state index contributed by atoms with van der Waals surface area (Å²) in [7, 11) is 0. The smallest absolute Gasteiger partial charge is 0.244 e. The zero-order valence-electron chi connectivity index (χ0n) is 11.2. The van der Waals surface area contributed by atoms with Gasteiger partial charge in [0.05, 0.1) is 6.04 Å². The van der Waals surface area contributed by atoms with Crippen LogP contribution in [0.25, 0.3) is 6.08 Å². The molecule has 0 spiro atoms. The number of hydrogen-bond acceptors (Lipinski definition) is 2. The molecule has 1 heterocycles. The lowest BCUT2D eigenvalue weighted by molar-refractivity contribution is -0.117. The summed E-state index contributed by atoms with van der Waals surface area (Å²) in [5, 5.41) is 5.13. The highest BCUT2D eigenvalue weighted by Gasteiger charge is 2.20. The minimum absolute atomic E-state index is 0.0138. The van der Waals surface area contributed by atoms with Crippen LogP contribution in [0.3, 0.4) is 0 Å². The lowest BCUT2D eigenvalue weighted by atomic mass is 9.88. The Bertz CT molecular complexity index is 616. The van der Waals surface area contributed by atoms with E-state index in [1.165, 1.54) is 11.1 Å². The molecule has 2 nitrogen and oxygen atoms in total. The molecule has 0 unspecified atom stereocenters. The molecule has 1 aromatic heterocycles. The van der Waals surface area contributed by atoms with Crippen LogP contribution in [0.1, 0.15) is 34.9 Å². The topological polar surface area (TPSA) is 29.1 Å². The monoisotopic (exact) mass is 283 g/mol. The number of hydrogen-bond donors (Lipinski definition) is 1. The minimum atomic E-state index is -0.0138. The summed E-state index contributed by atoms with van der Waals surface area (Å²) in [6, 6.07) is 12.5. The maximum Gasteiger partial charge on any atom is 0.244 e. The molecule has 1 aliphatic rings. The van der Waals surface area contributed by atoms with Crippen LogP contribution in [0.2, 0.25) is 0 Å². The second kappa shape index (κ2) is 6.06. The van der Waals surface area contributed by atoms with Crippen LogP contribution >= 0.6 is 11.3 Å². The van der Waals surface area contributed by atoms with E-state index >= 15 is 0 Å². The van der Waals surface area contributed by atoms with Gasteiger partial charge in [0.25, 0.3) is 0 Å². The first-order valence-electron chi connectivity index (χ1n) is 6.93. The molecule has 0 saturated carbocycles. The van der Waals surface area contributed by atoms with E-state index in [4.69, 9.17) is 0 Å². The Hall–Kier alpha value is -1.87. The van der Waals surface area contributed by atoms with E-state index in [9.17, 15) is 4.79 Å². The molecule has 1 aliphatic carbocycles. The number of fused-ring (bicyclic) bond motifs is 1. The Labute approximate surface area is 123 Å². The highest BCUT2D eigenvalue weighted by molar-refractivity contribution is 7.10. The van der Waals surface area contributed by atoms with E-state index in [2.05, 4.69) is 23.5 Å². The third kappa shape index (κ3) is 2.99. The Balaban J connectivity index is 1.68. The van der Waals surface area contributed by atoms with E-state index in [0.29, 0.717) is 0 Å². The van der Waals surface area contributed by atoms with Gasteiger partial charge in [-0.05, 0) is 47.9 Å². The zero-order chi connectivity index (χ0) is 13.8. The van der Waals surface area contributed by atoms with Crippen LogP contribution in [-0.4, -0.2) is 5.91 Å². The van der Waals surface area contributed by atoms with Gasteiger partial charge in [-0.1, -0.05) is 30.3 Å². The average molecular weight is 283 g/mol. The molecule has 1 amide bonds. The van der Waals surface area contributed by atoms with E-state index in [-0.39, 0.29) is 11.9 Å². The van der Waals surface area contributed by atoms with E-state index in [0.717, 1.165) is 24.1 Å². The van der Waals surface area contributed by atoms with Gasteiger partial charge in [0, 0.05) is 11.0 Å². The van der Waals surface area contributed by atoms with Gasteiger partial charge in [-0.25, -0.2) is 0 Å². The van der Waals surface area contributed by atoms with Gasteiger partial charge in [-0.2, -0.15) is 0 Å². The van der Waals surface area contributed by atoms with Crippen LogP contribution in [-0.2, 0) is 11.2 Å². The summed E-state index contributed by atoms with van der Waals surface area (Å²) in [6.45, 7) is 0. The third-order valence-corrected chi connectivity index (χ3v) is 4.47. The lowest BCUT2D eigenvalue weighted by Crippen LogP contribution is -2.29. The minimum Gasteiger partial charge on any atom is -0.346 e. The molecule has 1 aromatic carbocycles. The Morgan fingerprint density at radius 1 is 1.25 bits per heavy atom. The first-order valence-corrected chi connectivity index (χ1v) is 7.81. The van der Waals surface area contributed by atoms with Crippen LogP contribution in [0.5, 0.6) is 0 Å². The second-order valence-corrected chi connectivity index (χ2v) is 5.98. The summed E-state index contributed by atoms with van der Waals surface area (Å²) >= 11 is 1.63. The number of carbonyl (C=O) groups is 1. The normalized spacial score (nSPS) is 17.9. The molecule has 3 rings (SSSR count). The second-order valence-electron chi connectivity index (χ2n) is 5.00. The molecule has 0 fully saturated rings. The maximum absolute atomic E-state index is 12.0. The van der Waals surface area contributed by atoms with Crippen molar-refractivity contribution in [1.82, 2.24) is 5.32 Å². The average Bonchev–Trinajstić information content (AvgIpc) is 2.99. The SMILES string of the molecule is O=C(/C=C/c1cccs1)N[C@H]1CCCc2ccccc21.